The van der Waals surface area contributed by atoms with E-state index in [2.05, 4.69) is 5.32 Å². The van der Waals surface area contributed by atoms with Gasteiger partial charge in [-0.05, 0) is 43.2 Å². The number of benzene rings is 1. The van der Waals surface area contributed by atoms with Crippen LogP contribution in [0.25, 0.3) is 16.6 Å². The Kier molecular flexibility index (Phi) is 4.97. The Morgan fingerprint density at radius 1 is 1.07 bits per heavy atom. The van der Waals surface area contributed by atoms with Crippen molar-refractivity contribution in [2.75, 3.05) is 0 Å². The van der Waals surface area contributed by atoms with E-state index in [0.29, 0.717) is 11.0 Å². The lowest BCUT2D eigenvalue weighted by Crippen LogP contribution is -2.35. The first kappa shape index (κ1) is 17.8. The molecule has 0 atom stereocenters. The molecule has 0 bridgehead atoms. The first-order valence-electron chi connectivity index (χ1n) is 9.72. The first-order valence-corrected chi connectivity index (χ1v) is 9.72. The van der Waals surface area contributed by atoms with E-state index in [9.17, 15) is 14.0 Å². The third-order valence-electron chi connectivity index (χ3n) is 5.48. The van der Waals surface area contributed by atoms with Crippen molar-refractivity contribution in [2.24, 2.45) is 0 Å². The summed E-state index contributed by atoms with van der Waals surface area (Å²) in [4.78, 5) is 25.3. The maximum absolute atomic E-state index is 13.8. The van der Waals surface area contributed by atoms with Crippen LogP contribution in [0.5, 0.6) is 0 Å². The normalized spacial score (nSPS) is 15.9. The molecule has 4 rings (SSSR count). The molecule has 1 N–H and O–H groups in total. The lowest BCUT2D eigenvalue weighted by atomic mass is 10.1. The average Bonchev–Trinajstić information content (AvgIpc) is 3.01. The maximum Gasteiger partial charge on any atom is 0.275 e. The van der Waals surface area contributed by atoms with Crippen molar-refractivity contribution in [1.29, 1.82) is 0 Å². The van der Waals surface area contributed by atoms with Gasteiger partial charge in [0.05, 0.1) is 11.0 Å². The van der Waals surface area contributed by atoms with Crippen molar-refractivity contribution < 1.29 is 9.18 Å². The number of hydrogen-bond donors (Lipinski definition) is 1. The van der Waals surface area contributed by atoms with E-state index in [1.807, 2.05) is 0 Å². The number of halogens is 1. The Bertz CT molecular complexity index is 1030. The third kappa shape index (κ3) is 3.61. The Hall–Kier alpha value is -2.63. The fourth-order valence-corrected chi connectivity index (χ4v) is 4.09. The lowest BCUT2D eigenvalue weighted by Gasteiger charge is -2.17. The number of fused-ring (bicyclic) bond motifs is 3. The molecule has 0 aliphatic heterocycles. The van der Waals surface area contributed by atoms with Gasteiger partial charge in [-0.3, -0.25) is 9.59 Å². The molecule has 0 radical (unpaired) electrons. The van der Waals surface area contributed by atoms with Crippen LogP contribution >= 0.6 is 0 Å². The molecule has 1 fully saturated rings. The van der Waals surface area contributed by atoms with Crippen LogP contribution in [0.15, 0.2) is 41.3 Å². The Morgan fingerprint density at radius 2 is 1.85 bits per heavy atom. The quantitative estimate of drug-likeness (QED) is 0.714. The van der Waals surface area contributed by atoms with Crippen LogP contribution in [0.3, 0.4) is 0 Å². The Balaban J connectivity index is 1.59. The average molecular weight is 369 g/mol. The van der Waals surface area contributed by atoms with Gasteiger partial charge in [-0.2, -0.15) is 0 Å². The monoisotopic (exact) mass is 369 g/mol. The number of nitrogens with zero attached hydrogens (tertiary/aromatic N) is 2. The van der Waals surface area contributed by atoms with E-state index in [1.54, 1.807) is 28.8 Å². The molecule has 1 aliphatic rings. The number of carbonyl (C=O) groups is 1. The second kappa shape index (κ2) is 7.55. The van der Waals surface area contributed by atoms with Crippen molar-refractivity contribution >= 4 is 22.5 Å². The van der Waals surface area contributed by atoms with Crippen LogP contribution in [0.2, 0.25) is 0 Å². The zero-order chi connectivity index (χ0) is 18.8. The van der Waals surface area contributed by atoms with Gasteiger partial charge in [0.1, 0.15) is 11.3 Å². The Labute approximate surface area is 156 Å². The summed E-state index contributed by atoms with van der Waals surface area (Å²) in [5.74, 6) is -0.446. The fraction of sp³-hybridized carbons (Fsp3) is 0.429. The number of amides is 1. The minimum atomic E-state index is -0.398. The number of hydrogen-bond acceptors (Lipinski definition) is 2. The van der Waals surface area contributed by atoms with Crippen LogP contribution in [0.1, 0.15) is 44.9 Å². The predicted molar refractivity (Wildman–Crippen MR) is 103 cm³/mol. The smallest absolute Gasteiger partial charge is 0.275 e. The second-order valence-electron chi connectivity index (χ2n) is 7.36. The molecule has 142 valence electrons. The van der Waals surface area contributed by atoms with Crippen LogP contribution in [-0.4, -0.2) is 20.9 Å². The van der Waals surface area contributed by atoms with E-state index < -0.39 is 5.82 Å². The van der Waals surface area contributed by atoms with E-state index in [4.69, 9.17) is 0 Å². The SMILES string of the molecule is O=C(CCn1c(=O)c2cccn2c2ccc(F)cc21)NC1CCCCCC1. The molecule has 1 amide bonds. The first-order chi connectivity index (χ1) is 13.1. The van der Waals surface area contributed by atoms with Gasteiger partial charge >= 0.3 is 0 Å². The Morgan fingerprint density at radius 3 is 2.63 bits per heavy atom. The largest absolute Gasteiger partial charge is 0.353 e. The minimum Gasteiger partial charge on any atom is -0.353 e. The van der Waals surface area contributed by atoms with Crippen LogP contribution in [0.4, 0.5) is 4.39 Å². The van der Waals surface area contributed by atoms with Gasteiger partial charge in [-0.25, -0.2) is 4.39 Å². The zero-order valence-electron chi connectivity index (χ0n) is 15.3. The minimum absolute atomic E-state index is 0.0476. The van der Waals surface area contributed by atoms with Gasteiger partial charge in [0, 0.05) is 25.2 Å². The van der Waals surface area contributed by atoms with Gasteiger partial charge in [-0.15, -0.1) is 0 Å². The van der Waals surface area contributed by atoms with Gasteiger partial charge in [0.15, 0.2) is 0 Å². The molecule has 1 saturated carbocycles. The number of rotatable bonds is 4. The molecule has 6 heteroatoms. The van der Waals surface area contributed by atoms with Crippen molar-refractivity contribution in [3.8, 4) is 0 Å². The topological polar surface area (TPSA) is 55.5 Å². The van der Waals surface area contributed by atoms with Crippen molar-refractivity contribution in [2.45, 2.75) is 57.5 Å². The molecule has 3 aromatic rings. The predicted octanol–water partition coefficient (Wildman–Crippen LogP) is 3.62. The highest BCUT2D eigenvalue weighted by Gasteiger charge is 2.16. The molecule has 27 heavy (non-hydrogen) atoms. The zero-order valence-corrected chi connectivity index (χ0v) is 15.3. The van der Waals surface area contributed by atoms with Crippen molar-refractivity contribution in [1.82, 2.24) is 14.3 Å². The summed E-state index contributed by atoms with van der Waals surface area (Å²) in [6.45, 7) is 0.235. The molecule has 5 nitrogen and oxygen atoms in total. The summed E-state index contributed by atoms with van der Waals surface area (Å²) in [6.07, 6.45) is 8.82. The van der Waals surface area contributed by atoms with Gasteiger partial charge in [-0.1, -0.05) is 25.7 Å². The van der Waals surface area contributed by atoms with E-state index in [-0.39, 0.29) is 30.5 Å². The molecular formula is C21H24FN3O2. The van der Waals surface area contributed by atoms with Crippen molar-refractivity contribution in [3.05, 3.63) is 52.7 Å². The van der Waals surface area contributed by atoms with Crippen LogP contribution < -0.4 is 10.9 Å². The fourth-order valence-electron chi connectivity index (χ4n) is 4.09. The molecule has 0 spiro atoms. The maximum atomic E-state index is 13.8. The molecule has 0 unspecified atom stereocenters. The van der Waals surface area contributed by atoms with Gasteiger partial charge in [0.25, 0.3) is 5.56 Å². The van der Waals surface area contributed by atoms with Crippen LogP contribution in [-0.2, 0) is 11.3 Å². The third-order valence-corrected chi connectivity index (χ3v) is 5.48. The van der Waals surface area contributed by atoms with E-state index in [0.717, 1.165) is 31.2 Å². The molecule has 1 aromatic carbocycles. The summed E-state index contributed by atoms with van der Waals surface area (Å²) in [6, 6.07) is 8.18. The summed E-state index contributed by atoms with van der Waals surface area (Å²) >= 11 is 0. The van der Waals surface area contributed by atoms with Gasteiger partial charge < -0.3 is 14.3 Å². The lowest BCUT2D eigenvalue weighted by molar-refractivity contribution is -0.122. The molecular weight excluding hydrogens is 345 g/mol. The highest BCUT2D eigenvalue weighted by atomic mass is 19.1. The molecule has 2 aromatic heterocycles. The number of nitrogens with one attached hydrogen (secondary N) is 1. The van der Waals surface area contributed by atoms with Crippen LogP contribution in [0, 0.1) is 5.82 Å². The summed E-state index contributed by atoms with van der Waals surface area (Å²) < 4.78 is 17.1. The van der Waals surface area contributed by atoms with Crippen molar-refractivity contribution in [3.63, 3.8) is 0 Å². The summed E-state index contributed by atoms with van der Waals surface area (Å²) in [7, 11) is 0. The highest BCUT2D eigenvalue weighted by Crippen LogP contribution is 2.18. The highest BCUT2D eigenvalue weighted by molar-refractivity contribution is 5.80. The van der Waals surface area contributed by atoms with E-state index >= 15 is 0 Å². The molecule has 1 aliphatic carbocycles. The van der Waals surface area contributed by atoms with Gasteiger partial charge in [0.2, 0.25) is 5.91 Å². The van der Waals surface area contributed by atoms with E-state index in [1.165, 1.54) is 29.5 Å². The standard InChI is InChI=1S/C21H24FN3O2/c22-15-9-10-17-19(14-15)25(21(27)18-8-5-12-24(17)18)13-11-20(26)23-16-6-3-1-2-4-7-16/h5,8-10,12,14,16H,1-4,6-7,11,13H2,(H,23,26). The molecule has 0 saturated heterocycles. The molecule has 2 heterocycles. The summed E-state index contributed by atoms with van der Waals surface area (Å²) in [5.41, 5.74) is 1.57. The number of aromatic nitrogens is 2. The second-order valence-corrected chi connectivity index (χ2v) is 7.36. The number of aryl methyl sites for hydroxylation is 1. The summed E-state index contributed by atoms with van der Waals surface area (Å²) in [5, 5.41) is 3.11. The number of carbonyl (C=O) groups excluding carboxylic acids is 1.